The lowest BCUT2D eigenvalue weighted by Gasteiger charge is -2.21. The maximum Gasteiger partial charge on any atom is 0.141 e. The fourth-order valence-electron chi connectivity index (χ4n) is 2.13. The molecular weight excluding hydrogens is 263 g/mol. The average Bonchev–Trinajstić information content (AvgIpc) is 2.40. The molecule has 0 radical (unpaired) electrons. The van der Waals surface area contributed by atoms with Crippen molar-refractivity contribution >= 4 is 11.6 Å². The summed E-state index contributed by atoms with van der Waals surface area (Å²) in [6.07, 6.45) is 2.88. The van der Waals surface area contributed by atoms with Gasteiger partial charge in [0, 0.05) is 11.2 Å². The quantitative estimate of drug-likeness (QED) is 0.918. The number of pyridine rings is 1. The van der Waals surface area contributed by atoms with E-state index in [1.807, 2.05) is 32.0 Å². The van der Waals surface area contributed by atoms with Crippen LogP contribution in [0.5, 0.6) is 0 Å². The number of hydrogen-bond acceptors (Lipinski definition) is 2. The lowest BCUT2D eigenvalue weighted by molar-refractivity contribution is 0.595. The van der Waals surface area contributed by atoms with Gasteiger partial charge in [-0.3, -0.25) is 4.98 Å². The molecule has 1 heterocycles. The van der Waals surface area contributed by atoms with Crippen molar-refractivity contribution in [2.24, 2.45) is 0 Å². The molecule has 0 bridgehead atoms. The van der Waals surface area contributed by atoms with Crippen molar-refractivity contribution in [2.45, 2.75) is 19.9 Å². The number of benzene rings is 1. The topological polar surface area (TPSA) is 24.9 Å². The molecule has 0 aliphatic rings. The molecule has 0 aliphatic carbocycles. The minimum atomic E-state index is -0.333. The molecule has 1 aromatic heterocycles. The van der Waals surface area contributed by atoms with Gasteiger partial charge in [-0.1, -0.05) is 30.7 Å². The molecule has 1 atom stereocenters. The Morgan fingerprint density at radius 3 is 2.84 bits per heavy atom. The molecule has 0 saturated carbocycles. The fourth-order valence-corrected chi connectivity index (χ4v) is 2.32. The van der Waals surface area contributed by atoms with Gasteiger partial charge in [0.05, 0.1) is 12.2 Å². The van der Waals surface area contributed by atoms with Crippen LogP contribution in [0.25, 0.3) is 0 Å². The van der Waals surface area contributed by atoms with E-state index >= 15 is 0 Å². The predicted octanol–water partition coefficient (Wildman–Crippen LogP) is 3.88. The Kier molecular flexibility index (Phi) is 4.51. The highest BCUT2D eigenvalue weighted by atomic mass is 35.5. The van der Waals surface area contributed by atoms with Crippen molar-refractivity contribution in [2.75, 3.05) is 6.54 Å². The SMILES string of the molecule is CCNC(c1cncc(F)c1)c1cccc(Cl)c1C. The largest absolute Gasteiger partial charge is 0.306 e. The van der Waals surface area contributed by atoms with Crippen molar-refractivity contribution in [1.82, 2.24) is 10.3 Å². The second-order valence-corrected chi connectivity index (χ2v) is 4.79. The Morgan fingerprint density at radius 2 is 2.16 bits per heavy atom. The Labute approximate surface area is 117 Å². The van der Waals surface area contributed by atoms with Crippen LogP contribution in [0, 0.1) is 12.7 Å². The summed E-state index contributed by atoms with van der Waals surface area (Å²) in [7, 11) is 0. The van der Waals surface area contributed by atoms with Crippen molar-refractivity contribution < 1.29 is 4.39 Å². The first-order valence-electron chi connectivity index (χ1n) is 6.22. The monoisotopic (exact) mass is 278 g/mol. The molecule has 2 aromatic rings. The van der Waals surface area contributed by atoms with Crippen LogP contribution < -0.4 is 5.32 Å². The van der Waals surface area contributed by atoms with E-state index in [0.717, 1.165) is 23.2 Å². The zero-order valence-electron chi connectivity index (χ0n) is 11.0. The van der Waals surface area contributed by atoms with Crippen LogP contribution in [0.3, 0.4) is 0 Å². The summed E-state index contributed by atoms with van der Waals surface area (Å²) in [4.78, 5) is 3.92. The Morgan fingerprint density at radius 1 is 1.37 bits per heavy atom. The summed E-state index contributed by atoms with van der Waals surface area (Å²) in [6, 6.07) is 7.15. The van der Waals surface area contributed by atoms with Gasteiger partial charge in [-0.15, -0.1) is 0 Å². The van der Waals surface area contributed by atoms with Crippen molar-refractivity contribution in [3.63, 3.8) is 0 Å². The second-order valence-electron chi connectivity index (χ2n) is 4.38. The number of nitrogens with zero attached hydrogens (tertiary/aromatic N) is 1. The summed E-state index contributed by atoms with van der Waals surface area (Å²) in [5.74, 6) is -0.333. The first-order chi connectivity index (χ1) is 9.13. The highest BCUT2D eigenvalue weighted by Crippen LogP contribution is 2.28. The first kappa shape index (κ1) is 14.0. The van der Waals surface area contributed by atoms with Gasteiger partial charge in [-0.05, 0) is 42.3 Å². The van der Waals surface area contributed by atoms with Gasteiger partial charge >= 0.3 is 0 Å². The highest BCUT2D eigenvalue weighted by molar-refractivity contribution is 6.31. The van der Waals surface area contributed by atoms with E-state index in [1.165, 1.54) is 12.3 Å². The van der Waals surface area contributed by atoms with Crippen LogP contribution in [0.2, 0.25) is 5.02 Å². The van der Waals surface area contributed by atoms with Gasteiger partial charge in [-0.25, -0.2) is 4.39 Å². The third-order valence-electron chi connectivity index (χ3n) is 3.09. The predicted molar refractivity (Wildman–Crippen MR) is 75.9 cm³/mol. The molecule has 2 nitrogen and oxygen atoms in total. The Bertz CT molecular complexity index is 572. The van der Waals surface area contributed by atoms with Gasteiger partial charge < -0.3 is 5.32 Å². The highest BCUT2D eigenvalue weighted by Gasteiger charge is 2.17. The Hall–Kier alpha value is -1.45. The number of halogens is 2. The van der Waals surface area contributed by atoms with Crippen LogP contribution in [-0.4, -0.2) is 11.5 Å². The van der Waals surface area contributed by atoms with E-state index in [4.69, 9.17) is 11.6 Å². The average molecular weight is 279 g/mol. The lowest BCUT2D eigenvalue weighted by atomic mass is 9.96. The van der Waals surface area contributed by atoms with Crippen LogP contribution in [-0.2, 0) is 0 Å². The van der Waals surface area contributed by atoms with E-state index in [0.29, 0.717) is 5.02 Å². The van der Waals surface area contributed by atoms with E-state index in [-0.39, 0.29) is 11.9 Å². The maximum absolute atomic E-state index is 13.3. The number of aromatic nitrogens is 1. The molecule has 1 unspecified atom stereocenters. The molecule has 100 valence electrons. The molecule has 19 heavy (non-hydrogen) atoms. The molecule has 1 aromatic carbocycles. The van der Waals surface area contributed by atoms with E-state index in [9.17, 15) is 4.39 Å². The van der Waals surface area contributed by atoms with Crippen LogP contribution in [0.15, 0.2) is 36.7 Å². The number of hydrogen-bond donors (Lipinski definition) is 1. The summed E-state index contributed by atoms with van der Waals surface area (Å²) >= 11 is 6.16. The second kappa shape index (κ2) is 6.13. The normalized spacial score (nSPS) is 12.4. The zero-order valence-corrected chi connectivity index (χ0v) is 11.7. The van der Waals surface area contributed by atoms with Gasteiger partial charge in [0.2, 0.25) is 0 Å². The maximum atomic E-state index is 13.3. The van der Waals surface area contributed by atoms with E-state index < -0.39 is 0 Å². The molecule has 1 N–H and O–H groups in total. The van der Waals surface area contributed by atoms with Crippen LogP contribution in [0.1, 0.15) is 29.7 Å². The molecule has 0 aliphatic heterocycles. The summed E-state index contributed by atoms with van der Waals surface area (Å²) in [5, 5.41) is 4.06. The summed E-state index contributed by atoms with van der Waals surface area (Å²) in [6.45, 7) is 4.75. The third kappa shape index (κ3) is 3.11. The standard InChI is InChI=1S/C15H16ClFN2/c1-3-19-15(11-7-12(17)9-18-8-11)13-5-4-6-14(16)10(13)2/h4-9,15,19H,3H2,1-2H3. The van der Waals surface area contributed by atoms with Gasteiger partial charge in [0.15, 0.2) is 0 Å². The Balaban J connectivity index is 2.48. The number of nitrogens with one attached hydrogen (secondary N) is 1. The van der Waals surface area contributed by atoms with E-state index in [2.05, 4.69) is 10.3 Å². The summed E-state index contributed by atoms with van der Waals surface area (Å²) < 4.78 is 13.3. The minimum absolute atomic E-state index is 0.105. The zero-order chi connectivity index (χ0) is 13.8. The van der Waals surface area contributed by atoms with E-state index in [1.54, 1.807) is 6.20 Å². The molecular formula is C15H16ClFN2. The number of rotatable bonds is 4. The van der Waals surface area contributed by atoms with Gasteiger partial charge in [0.25, 0.3) is 0 Å². The lowest BCUT2D eigenvalue weighted by Crippen LogP contribution is -2.23. The van der Waals surface area contributed by atoms with Crippen molar-refractivity contribution in [3.8, 4) is 0 Å². The molecule has 2 rings (SSSR count). The molecule has 0 fully saturated rings. The minimum Gasteiger partial charge on any atom is -0.306 e. The molecule has 0 saturated heterocycles. The first-order valence-corrected chi connectivity index (χ1v) is 6.60. The fraction of sp³-hybridized carbons (Fsp3) is 0.267. The van der Waals surface area contributed by atoms with Crippen molar-refractivity contribution in [3.05, 3.63) is 64.2 Å². The third-order valence-corrected chi connectivity index (χ3v) is 3.50. The van der Waals surface area contributed by atoms with Gasteiger partial charge in [0.1, 0.15) is 5.82 Å². The molecule has 0 amide bonds. The van der Waals surface area contributed by atoms with Crippen molar-refractivity contribution in [1.29, 1.82) is 0 Å². The van der Waals surface area contributed by atoms with Crippen LogP contribution >= 0.6 is 11.6 Å². The summed E-state index contributed by atoms with van der Waals surface area (Å²) in [5.41, 5.74) is 2.84. The van der Waals surface area contributed by atoms with Gasteiger partial charge in [-0.2, -0.15) is 0 Å². The smallest absolute Gasteiger partial charge is 0.141 e. The van der Waals surface area contributed by atoms with Crippen LogP contribution in [0.4, 0.5) is 4.39 Å². The molecule has 4 heteroatoms. The molecule has 0 spiro atoms.